The first-order chi connectivity index (χ1) is 7.95. The van der Waals surface area contributed by atoms with Crippen molar-refractivity contribution >= 4 is 11.8 Å². The van der Waals surface area contributed by atoms with Crippen molar-refractivity contribution in [1.82, 2.24) is 25.3 Å². The maximum atomic E-state index is 5.20. The Kier molecular flexibility index (Phi) is 3.19. The largest absolute Gasteiger partial charge is 0.339 e. The summed E-state index contributed by atoms with van der Waals surface area (Å²) in [6.45, 7) is 7.98. The molecule has 2 aromatic rings. The molecule has 1 N–H and O–H groups in total. The summed E-state index contributed by atoms with van der Waals surface area (Å²) in [6, 6.07) is 0. The molecule has 0 amide bonds. The number of aromatic nitrogens is 5. The van der Waals surface area contributed by atoms with E-state index in [1.54, 1.807) is 0 Å². The smallest absolute Gasteiger partial charge is 0.232 e. The maximum Gasteiger partial charge on any atom is 0.232 e. The normalized spacial score (nSPS) is 12.0. The molecule has 0 saturated carbocycles. The fourth-order valence-electron chi connectivity index (χ4n) is 1.13. The molecule has 0 fully saturated rings. The van der Waals surface area contributed by atoms with Gasteiger partial charge in [0.1, 0.15) is 5.82 Å². The molecule has 17 heavy (non-hydrogen) atoms. The van der Waals surface area contributed by atoms with E-state index in [-0.39, 0.29) is 5.41 Å². The molecule has 0 spiro atoms. The second kappa shape index (κ2) is 4.48. The van der Waals surface area contributed by atoms with Crippen molar-refractivity contribution in [3.8, 4) is 0 Å². The van der Waals surface area contributed by atoms with Crippen LogP contribution in [0.5, 0.6) is 0 Å². The number of rotatable bonds is 3. The average molecular weight is 253 g/mol. The van der Waals surface area contributed by atoms with Crippen molar-refractivity contribution in [1.29, 1.82) is 0 Å². The van der Waals surface area contributed by atoms with Gasteiger partial charge in [0.2, 0.25) is 11.0 Å². The van der Waals surface area contributed by atoms with Crippen LogP contribution in [0.25, 0.3) is 0 Å². The Morgan fingerprint density at radius 1 is 1.29 bits per heavy atom. The molecule has 0 aliphatic heterocycles. The van der Waals surface area contributed by atoms with E-state index >= 15 is 0 Å². The van der Waals surface area contributed by atoms with Gasteiger partial charge in [-0.1, -0.05) is 37.7 Å². The Bertz CT molecular complexity index is 499. The van der Waals surface area contributed by atoms with Gasteiger partial charge in [-0.3, -0.25) is 5.10 Å². The first-order valence-corrected chi connectivity index (χ1v) is 6.28. The first-order valence-electron chi connectivity index (χ1n) is 5.30. The van der Waals surface area contributed by atoms with E-state index in [2.05, 4.69) is 25.3 Å². The summed E-state index contributed by atoms with van der Waals surface area (Å²) < 4.78 is 5.20. The molecule has 7 heteroatoms. The quantitative estimate of drug-likeness (QED) is 0.843. The monoisotopic (exact) mass is 253 g/mol. The Morgan fingerprint density at radius 3 is 2.59 bits per heavy atom. The zero-order valence-electron chi connectivity index (χ0n) is 10.3. The lowest BCUT2D eigenvalue weighted by atomic mass is 9.97. The topological polar surface area (TPSA) is 80.5 Å². The van der Waals surface area contributed by atoms with Crippen molar-refractivity contribution < 1.29 is 4.52 Å². The number of H-pyrrole nitrogens is 1. The minimum atomic E-state index is -0.114. The highest BCUT2D eigenvalue weighted by atomic mass is 32.2. The van der Waals surface area contributed by atoms with Crippen molar-refractivity contribution in [2.24, 2.45) is 0 Å². The predicted octanol–water partition coefficient (Wildman–Crippen LogP) is 2.09. The first kappa shape index (κ1) is 12.1. The van der Waals surface area contributed by atoms with Crippen molar-refractivity contribution in [3.05, 3.63) is 17.5 Å². The van der Waals surface area contributed by atoms with Crippen LogP contribution >= 0.6 is 11.8 Å². The van der Waals surface area contributed by atoms with Crippen molar-refractivity contribution in [2.75, 3.05) is 0 Å². The predicted molar refractivity (Wildman–Crippen MR) is 63.7 cm³/mol. The van der Waals surface area contributed by atoms with E-state index in [1.165, 1.54) is 11.8 Å². The number of hydrogen-bond acceptors (Lipinski definition) is 6. The highest BCUT2D eigenvalue weighted by Crippen LogP contribution is 2.22. The van der Waals surface area contributed by atoms with Gasteiger partial charge in [0.05, 0.1) is 5.75 Å². The third-order valence-electron chi connectivity index (χ3n) is 2.02. The van der Waals surface area contributed by atoms with Crippen molar-refractivity contribution in [3.63, 3.8) is 0 Å². The number of hydrogen-bond donors (Lipinski definition) is 1. The minimum absolute atomic E-state index is 0.114. The number of nitrogens with one attached hydrogen (secondary N) is 1. The van der Waals surface area contributed by atoms with Crippen LogP contribution in [0, 0.1) is 6.92 Å². The van der Waals surface area contributed by atoms with Crippen LogP contribution in [-0.2, 0) is 11.2 Å². The van der Waals surface area contributed by atoms with E-state index < -0.39 is 0 Å². The molecule has 0 aliphatic carbocycles. The Balaban J connectivity index is 1.98. The van der Waals surface area contributed by atoms with Gasteiger partial charge in [0.15, 0.2) is 5.82 Å². The second-order valence-corrected chi connectivity index (χ2v) is 5.70. The molecular weight excluding hydrogens is 238 g/mol. The molecule has 6 nitrogen and oxygen atoms in total. The summed E-state index contributed by atoms with van der Waals surface area (Å²) in [5.41, 5.74) is -0.114. The Morgan fingerprint density at radius 2 is 2.06 bits per heavy atom. The summed E-state index contributed by atoms with van der Waals surface area (Å²) in [5.74, 6) is 2.73. The van der Waals surface area contributed by atoms with Crippen molar-refractivity contribution in [2.45, 2.75) is 44.0 Å². The fourth-order valence-corrected chi connectivity index (χ4v) is 1.82. The lowest BCUT2D eigenvalue weighted by Gasteiger charge is -2.10. The molecule has 0 atom stereocenters. The van der Waals surface area contributed by atoms with E-state index in [4.69, 9.17) is 4.52 Å². The zero-order valence-corrected chi connectivity index (χ0v) is 11.1. The van der Waals surface area contributed by atoms with Crippen LogP contribution in [0.3, 0.4) is 0 Å². The summed E-state index contributed by atoms with van der Waals surface area (Å²) in [5, 5.41) is 11.4. The minimum Gasteiger partial charge on any atom is -0.339 e. The van der Waals surface area contributed by atoms with Gasteiger partial charge in [0.25, 0.3) is 0 Å². The van der Waals surface area contributed by atoms with E-state index in [1.807, 2.05) is 27.7 Å². The highest BCUT2D eigenvalue weighted by molar-refractivity contribution is 7.98. The van der Waals surface area contributed by atoms with Crippen LogP contribution in [0.4, 0.5) is 0 Å². The van der Waals surface area contributed by atoms with Gasteiger partial charge >= 0.3 is 0 Å². The second-order valence-electron chi connectivity index (χ2n) is 4.76. The van der Waals surface area contributed by atoms with E-state index in [9.17, 15) is 0 Å². The SMILES string of the molecule is Cc1nc(SCc2noc(C(C)(C)C)n2)n[nH]1. The summed E-state index contributed by atoms with van der Waals surface area (Å²) in [6.07, 6.45) is 0. The van der Waals surface area contributed by atoms with Gasteiger partial charge in [0, 0.05) is 5.41 Å². The molecule has 2 heterocycles. The number of thioether (sulfide) groups is 1. The molecule has 0 bridgehead atoms. The van der Waals surface area contributed by atoms with Gasteiger partial charge in [-0.05, 0) is 6.92 Å². The summed E-state index contributed by atoms with van der Waals surface area (Å²) >= 11 is 1.48. The van der Waals surface area contributed by atoms with Crippen LogP contribution in [-0.4, -0.2) is 25.3 Å². The zero-order chi connectivity index (χ0) is 12.5. The van der Waals surface area contributed by atoms with E-state index in [0.29, 0.717) is 22.6 Å². The van der Waals surface area contributed by atoms with Gasteiger partial charge in [-0.15, -0.1) is 5.10 Å². The Hall–Kier alpha value is -1.37. The van der Waals surface area contributed by atoms with Crippen LogP contribution in [0.2, 0.25) is 0 Å². The van der Waals surface area contributed by atoms with E-state index in [0.717, 1.165) is 5.82 Å². The molecule has 0 aliphatic rings. The molecule has 2 rings (SSSR count). The molecule has 2 aromatic heterocycles. The number of nitrogens with zero attached hydrogens (tertiary/aromatic N) is 4. The third kappa shape index (κ3) is 3.06. The fraction of sp³-hybridized carbons (Fsp3) is 0.600. The standard InChI is InChI=1S/C10H15N5OS/c1-6-11-9(14-13-6)17-5-7-12-8(16-15-7)10(2,3)4/h5H2,1-4H3,(H,11,13,14). The number of aromatic amines is 1. The molecule has 0 radical (unpaired) electrons. The van der Waals surface area contributed by atoms with Crippen LogP contribution < -0.4 is 0 Å². The molecular formula is C10H15N5OS. The summed E-state index contributed by atoms with van der Waals surface area (Å²) in [7, 11) is 0. The highest BCUT2D eigenvalue weighted by Gasteiger charge is 2.21. The summed E-state index contributed by atoms with van der Waals surface area (Å²) in [4.78, 5) is 8.53. The third-order valence-corrected chi connectivity index (χ3v) is 2.86. The van der Waals surface area contributed by atoms with Gasteiger partial charge in [-0.2, -0.15) is 4.98 Å². The maximum absolute atomic E-state index is 5.20. The van der Waals surface area contributed by atoms with Crippen LogP contribution in [0.15, 0.2) is 9.68 Å². The lowest BCUT2D eigenvalue weighted by Crippen LogP contribution is -2.11. The average Bonchev–Trinajstić information content (AvgIpc) is 2.82. The molecule has 0 saturated heterocycles. The lowest BCUT2D eigenvalue weighted by molar-refractivity contribution is 0.319. The molecule has 0 unspecified atom stereocenters. The Labute approximate surface area is 104 Å². The molecule has 0 aromatic carbocycles. The van der Waals surface area contributed by atoms with Crippen LogP contribution in [0.1, 0.15) is 38.3 Å². The molecule has 92 valence electrons. The van der Waals surface area contributed by atoms with Gasteiger partial charge < -0.3 is 4.52 Å². The van der Waals surface area contributed by atoms with Gasteiger partial charge in [-0.25, -0.2) is 4.98 Å². The number of aryl methyl sites for hydroxylation is 1.